The van der Waals surface area contributed by atoms with E-state index >= 15 is 0 Å². The lowest BCUT2D eigenvalue weighted by Gasteiger charge is -2.13. The molecule has 0 saturated heterocycles. The van der Waals surface area contributed by atoms with E-state index in [1.54, 1.807) is 18.6 Å². The molecule has 0 aromatic carbocycles. The fourth-order valence-corrected chi connectivity index (χ4v) is 4.15. The van der Waals surface area contributed by atoms with E-state index in [-0.39, 0.29) is 5.82 Å². The molecule has 0 aliphatic heterocycles. The Bertz CT molecular complexity index is 916. The Balaban J connectivity index is 2.08. The van der Waals surface area contributed by atoms with Crippen molar-refractivity contribution in [3.63, 3.8) is 0 Å². The Hall–Kier alpha value is -1.98. The number of halogens is 1. The Morgan fingerprint density at radius 1 is 1.21 bits per heavy atom. The van der Waals surface area contributed by atoms with E-state index in [0.717, 1.165) is 5.56 Å². The molecule has 3 aromatic heterocycles. The maximum atomic E-state index is 12.9. The van der Waals surface area contributed by atoms with Crippen molar-refractivity contribution < 1.29 is 4.57 Å². The van der Waals surface area contributed by atoms with Gasteiger partial charge in [0.15, 0.2) is 24.2 Å². The monoisotopic (exact) mass is 364 g/mol. The molecule has 0 aliphatic carbocycles. The number of hydrogen-bond donors (Lipinski definition) is 1. The van der Waals surface area contributed by atoms with Gasteiger partial charge in [-0.05, 0) is 11.6 Å². The van der Waals surface area contributed by atoms with Gasteiger partial charge >= 0.3 is 0 Å². The lowest BCUT2D eigenvalue weighted by Crippen LogP contribution is -2.20. The zero-order valence-corrected chi connectivity index (χ0v) is 15.1. The Labute approximate surface area is 144 Å². The Morgan fingerprint density at radius 2 is 1.96 bits per heavy atom. The van der Waals surface area contributed by atoms with Crippen molar-refractivity contribution in [1.29, 1.82) is 0 Å². The van der Waals surface area contributed by atoms with E-state index in [2.05, 4.69) is 19.9 Å². The summed E-state index contributed by atoms with van der Waals surface area (Å²) < 4.78 is 14.8. The molecule has 9 heteroatoms. The average Bonchev–Trinajstić information content (AvgIpc) is 2.99. The predicted octanol–water partition coefficient (Wildman–Crippen LogP) is 2.53. The number of fused-ring (bicyclic) bond motifs is 1. The van der Waals surface area contributed by atoms with Crippen LogP contribution < -0.4 is 11.3 Å². The second kappa shape index (κ2) is 6.49. The Kier molecular flexibility index (Phi) is 4.56. The minimum absolute atomic E-state index is 0.255. The van der Waals surface area contributed by atoms with Gasteiger partial charge in [-0.25, -0.2) is 19.9 Å². The van der Waals surface area contributed by atoms with Gasteiger partial charge in [0, 0.05) is 18.5 Å². The molecular formula is C15H18ClN6OP. The quantitative estimate of drug-likeness (QED) is 0.551. The molecule has 0 fully saturated rings. The van der Waals surface area contributed by atoms with E-state index in [4.69, 9.17) is 17.3 Å². The molecule has 24 heavy (non-hydrogen) atoms. The number of rotatable bonds is 5. The molecule has 0 radical (unpaired) electrons. The highest BCUT2D eigenvalue weighted by Gasteiger charge is 2.26. The zero-order valence-electron chi connectivity index (χ0n) is 13.5. The number of hydrogen-bond acceptors (Lipinski definition) is 6. The molecule has 3 heterocycles. The van der Waals surface area contributed by atoms with Crippen LogP contribution in [-0.2, 0) is 11.1 Å². The van der Waals surface area contributed by atoms with E-state index in [1.165, 1.54) is 0 Å². The summed E-state index contributed by atoms with van der Waals surface area (Å²) in [5, 5.41) is 0.440. The summed E-state index contributed by atoms with van der Waals surface area (Å²) in [6, 6.07) is 3.61. The summed E-state index contributed by atoms with van der Waals surface area (Å²) in [6.07, 6.45) is 4.35. The van der Waals surface area contributed by atoms with Crippen molar-refractivity contribution in [3.05, 3.63) is 35.4 Å². The van der Waals surface area contributed by atoms with Crippen molar-refractivity contribution >= 4 is 41.3 Å². The summed E-state index contributed by atoms with van der Waals surface area (Å²) in [7, 11) is -2.62. The van der Waals surface area contributed by atoms with Gasteiger partial charge in [-0.15, -0.1) is 0 Å². The summed E-state index contributed by atoms with van der Waals surface area (Å²) in [5.41, 5.74) is 8.38. The number of imidazole rings is 1. The molecule has 7 nitrogen and oxygen atoms in total. The molecule has 3 aromatic rings. The number of nitrogens with two attached hydrogens (primary N) is 1. The standard InChI is InChI=1S/C15H18ClN6OP/c1-3-24(23,4-2)15-20-13(17)12-14(21-15)22(9-19-12)8-10-5-6-11(16)18-7-10/h5-7,9H,3-4,8H2,1-2H3,(H2,17,20,21). The molecule has 126 valence electrons. The van der Waals surface area contributed by atoms with Crippen LogP contribution in [0.2, 0.25) is 5.15 Å². The minimum atomic E-state index is -2.62. The number of anilines is 1. The first kappa shape index (κ1) is 16.9. The van der Waals surface area contributed by atoms with Gasteiger partial charge in [-0.3, -0.25) is 0 Å². The van der Waals surface area contributed by atoms with Crippen LogP contribution in [0, 0.1) is 0 Å². The van der Waals surface area contributed by atoms with Crippen LogP contribution in [0.4, 0.5) is 5.82 Å². The van der Waals surface area contributed by atoms with Crippen LogP contribution in [-0.4, -0.2) is 36.8 Å². The van der Waals surface area contributed by atoms with E-state index in [9.17, 15) is 4.57 Å². The first-order valence-electron chi connectivity index (χ1n) is 7.64. The predicted molar refractivity (Wildman–Crippen MR) is 96.4 cm³/mol. The number of pyridine rings is 1. The van der Waals surface area contributed by atoms with Crippen LogP contribution >= 0.6 is 18.7 Å². The van der Waals surface area contributed by atoms with Crippen molar-refractivity contribution in [3.8, 4) is 0 Å². The highest BCUT2D eigenvalue weighted by Crippen LogP contribution is 2.42. The molecule has 2 N–H and O–H groups in total. The third-order valence-electron chi connectivity index (χ3n) is 4.01. The minimum Gasteiger partial charge on any atom is -0.382 e. The Morgan fingerprint density at radius 3 is 2.58 bits per heavy atom. The summed E-state index contributed by atoms with van der Waals surface area (Å²) in [6.45, 7) is 4.27. The highest BCUT2D eigenvalue weighted by atomic mass is 35.5. The van der Waals surface area contributed by atoms with Gasteiger partial charge in [0.05, 0.1) is 12.9 Å². The van der Waals surface area contributed by atoms with E-state index in [0.29, 0.717) is 40.8 Å². The van der Waals surface area contributed by atoms with Crippen LogP contribution in [0.3, 0.4) is 0 Å². The molecular weight excluding hydrogens is 347 g/mol. The first-order valence-corrected chi connectivity index (χ1v) is 10.1. The third kappa shape index (κ3) is 3.01. The lowest BCUT2D eigenvalue weighted by molar-refractivity contribution is 0.581. The molecule has 0 unspecified atom stereocenters. The van der Waals surface area contributed by atoms with Crippen molar-refractivity contribution in [1.82, 2.24) is 24.5 Å². The second-order valence-electron chi connectivity index (χ2n) is 5.46. The number of nitrogen functional groups attached to an aromatic ring is 1. The van der Waals surface area contributed by atoms with Gasteiger partial charge in [-0.1, -0.05) is 31.5 Å². The SMILES string of the molecule is CCP(=O)(CC)c1nc(N)c2ncn(Cc3ccc(Cl)nc3)c2n1. The largest absolute Gasteiger partial charge is 0.382 e. The molecule has 0 bridgehead atoms. The fraction of sp³-hybridized carbons (Fsp3) is 0.333. The van der Waals surface area contributed by atoms with Gasteiger partial charge in [0.25, 0.3) is 0 Å². The topological polar surface area (TPSA) is 99.6 Å². The van der Waals surface area contributed by atoms with E-state index in [1.807, 2.05) is 24.5 Å². The van der Waals surface area contributed by atoms with Crippen LogP contribution in [0.5, 0.6) is 0 Å². The summed E-state index contributed by atoms with van der Waals surface area (Å²) in [4.78, 5) is 17.1. The van der Waals surface area contributed by atoms with Gasteiger partial charge in [0.1, 0.15) is 10.7 Å². The molecule has 0 amide bonds. The van der Waals surface area contributed by atoms with Crippen molar-refractivity contribution in [2.24, 2.45) is 0 Å². The normalized spacial score (nSPS) is 12.0. The smallest absolute Gasteiger partial charge is 0.192 e. The molecule has 0 atom stereocenters. The molecule has 0 spiro atoms. The van der Waals surface area contributed by atoms with Gasteiger partial charge in [-0.2, -0.15) is 0 Å². The number of aromatic nitrogens is 5. The number of nitrogens with zero attached hydrogens (tertiary/aromatic N) is 5. The fourth-order valence-electron chi connectivity index (χ4n) is 2.46. The lowest BCUT2D eigenvalue weighted by atomic mass is 10.3. The van der Waals surface area contributed by atoms with Crippen molar-refractivity contribution in [2.75, 3.05) is 18.1 Å². The van der Waals surface area contributed by atoms with Gasteiger partial charge < -0.3 is 14.9 Å². The van der Waals surface area contributed by atoms with Crippen LogP contribution in [0.25, 0.3) is 11.2 Å². The van der Waals surface area contributed by atoms with Crippen molar-refractivity contribution in [2.45, 2.75) is 20.4 Å². The molecule has 0 aliphatic rings. The summed E-state index contributed by atoms with van der Waals surface area (Å²) in [5.74, 6) is 0.255. The second-order valence-corrected chi connectivity index (χ2v) is 9.30. The molecule has 3 rings (SSSR count). The maximum Gasteiger partial charge on any atom is 0.192 e. The zero-order chi connectivity index (χ0) is 17.3. The third-order valence-corrected chi connectivity index (χ3v) is 7.20. The van der Waals surface area contributed by atoms with E-state index < -0.39 is 7.14 Å². The summed E-state index contributed by atoms with van der Waals surface area (Å²) >= 11 is 5.81. The van der Waals surface area contributed by atoms with Crippen LogP contribution in [0.1, 0.15) is 19.4 Å². The average molecular weight is 365 g/mol. The highest BCUT2D eigenvalue weighted by molar-refractivity contribution is 7.71. The molecule has 0 saturated carbocycles. The van der Waals surface area contributed by atoms with Crippen LogP contribution in [0.15, 0.2) is 24.7 Å². The maximum absolute atomic E-state index is 12.9. The first-order chi connectivity index (χ1) is 11.5. The van der Waals surface area contributed by atoms with Gasteiger partial charge in [0.2, 0.25) is 0 Å².